The molecule has 1 rings (SSSR count). The Hall–Kier alpha value is -1.36. The van der Waals surface area contributed by atoms with Gasteiger partial charge in [-0.25, -0.2) is 0 Å². The number of aromatic nitrogens is 2. The molecule has 90 valence electrons. The summed E-state index contributed by atoms with van der Waals surface area (Å²) in [6.45, 7) is 5.76. The average Bonchev–Trinajstić information content (AvgIpc) is 2.42. The third-order valence-corrected chi connectivity index (χ3v) is 2.59. The van der Waals surface area contributed by atoms with Gasteiger partial charge in [0.25, 0.3) is 0 Å². The molecule has 0 fully saturated rings. The number of carbonyl (C=O) groups excluding carboxylic acids is 1. The van der Waals surface area contributed by atoms with Gasteiger partial charge in [-0.1, -0.05) is 0 Å². The highest BCUT2D eigenvalue weighted by atomic mass is 16.3. The molecule has 0 aromatic carbocycles. The van der Waals surface area contributed by atoms with Crippen LogP contribution in [0.3, 0.4) is 0 Å². The van der Waals surface area contributed by atoms with Crippen molar-refractivity contribution in [1.82, 2.24) is 15.1 Å². The molecule has 0 bridgehead atoms. The van der Waals surface area contributed by atoms with E-state index in [4.69, 9.17) is 5.11 Å². The van der Waals surface area contributed by atoms with Crippen LogP contribution in [0.15, 0.2) is 0 Å². The topological polar surface area (TPSA) is 67.2 Å². The maximum atomic E-state index is 11.6. The second-order valence-electron chi connectivity index (χ2n) is 4.10. The van der Waals surface area contributed by atoms with E-state index in [0.717, 1.165) is 17.0 Å². The van der Waals surface area contributed by atoms with Crippen molar-refractivity contribution in [1.29, 1.82) is 0 Å². The molecule has 0 radical (unpaired) electrons. The summed E-state index contributed by atoms with van der Waals surface area (Å²) in [5.41, 5.74) is 2.85. The summed E-state index contributed by atoms with van der Waals surface area (Å²) in [5.74, 6) is -0.0832. The number of nitrogens with zero attached hydrogens (tertiary/aromatic N) is 2. The zero-order valence-corrected chi connectivity index (χ0v) is 10.2. The normalized spacial score (nSPS) is 12.6. The minimum Gasteiger partial charge on any atom is -0.392 e. The molecule has 1 aromatic heterocycles. The fourth-order valence-corrected chi connectivity index (χ4v) is 1.56. The van der Waals surface area contributed by atoms with Gasteiger partial charge in [0.2, 0.25) is 5.91 Å². The third kappa shape index (κ3) is 3.06. The maximum absolute atomic E-state index is 11.6. The molecule has 0 saturated heterocycles. The van der Waals surface area contributed by atoms with Crippen LogP contribution in [0, 0.1) is 13.8 Å². The van der Waals surface area contributed by atoms with Gasteiger partial charge in [-0.3, -0.25) is 9.48 Å². The first-order valence-corrected chi connectivity index (χ1v) is 5.35. The molecule has 0 aliphatic carbocycles. The van der Waals surface area contributed by atoms with Crippen molar-refractivity contribution in [3.05, 3.63) is 17.0 Å². The highest BCUT2D eigenvalue weighted by Crippen LogP contribution is 2.12. The molecule has 5 nitrogen and oxygen atoms in total. The van der Waals surface area contributed by atoms with Crippen LogP contribution in [-0.2, 0) is 18.3 Å². The van der Waals surface area contributed by atoms with Crippen molar-refractivity contribution in [2.24, 2.45) is 7.05 Å². The number of aliphatic hydroxyl groups excluding tert-OH is 1. The number of hydrogen-bond acceptors (Lipinski definition) is 3. The Balaban J connectivity index is 2.63. The number of nitrogens with one attached hydrogen (secondary N) is 1. The first kappa shape index (κ1) is 12.7. The smallest absolute Gasteiger partial charge is 0.224 e. The van der Waals surface area contributed by atoms with E-state index in [1.807, 2.05) is 20.9 Å². The van der Waals surface area contributed by atoms with Gasteiger partial charge in [0.05, 0.1) is 18.2 Å². The van der Waals surface area contributed by atoms with Gasteiger partial charge in [-0.15, -0.1) is 0 Å². The van der Waals surface area contributed by atoms with Crippen molar-refractivity contribution in [3.8, 4) is 0 Å². The molecule has 1 amide bonds. The number of amides is 1. The van der Waals surface area contributed by atoms with E-state index in [-0.39, 0.29) is 12.5 Å². The Morgan fingerprint density at radius 2 is 2.19 bits per heavy atom. The predicted molar refractivity (Wildman–Crippen MR) is 61.1 cm³/mol. The van der Waals surface area contributed by atoms with Crippen LogP contribution in [0.1, 0.15) is 23.9 Å². The molecule has 1 aromatic rings. The second kappa shape index (κ2) is 5.12. The van der Waals surface area contributed by atoms with Gasteiger partial charge >= 0.3 is 0 Å². The number of carbonyl (C=O) groups is 1. The van der Waals surface area contributed by atoms with E-state index < -0.39 is 6.10 Å². The molecule has 1 atom stereocenters. The van der Waals surface area contributed by atoms with Crippen LogP contribution in [0.25, 0.3) is 0 Å². The van der Waals surface area contributed by atoms with Gasteiger partial charge in [-0.05, 0) is 20.8 Å². The Morgan fingerprint density at radius 3 is 2.62 bits per heavy atom. The third-order valence-electron chi connectivity index (χ3n) is 2.59. The number of rotatable bonds is 4. The van der Waals surface area contributed by atoms with Gasteiger partial charge < -0.3 is 10.4 Å². The minimum atomic E-state index is -0.514. The summed E-state index contributed by atoms with van der Waals surface area (Å²) in [6, 6.07) is 0. The molecule has 0 spiro atoms. The summed E-state index contributed by atoms with van der Waals surface area (Å²) in [6.07, 6.45) is -0.196. The Kier molecular flexibility index (Phi) is 4.06. The summed E-state index contributed by atoms with van der Waals surface area (Å²) in [5, 5.41) is 16.0. The van der Waals surface area contributed by atoms with Crippen LogP contribution in [0.2, 0.25) is 0 Å². The summed E-state index contributed by atoms with van der Waals surface area (Å²) in [7, 11) is 1.86. The van der Waals surface area contributed by atoms with Crippen LogP contribution >= 0.6 is 0 Å². The lowest BCUT2D eigenvalue weighted by molar-refractivity contribution is -0.120. The van der Waals surface area contributed by atoms with Gasteiger partial charge in [0.15, 0.2) is 0 Å². The monoisotopic (exact) mass is 225 g/mol. The SMILES string of the molecule is Cc1nn(C)c(C)c1CC(=O)NC[C@H](C)O. The van der Waals surface area contributed by atoms with Gasteiger partial charge in [0.1, 0.15) is 0 Å². The molecular weight excluding hydrogens is 206 g/mol. The zero-order valence-electron chi connectivity index (χ0n) is 10.2. The Bertz CT molecular complexity index is 383. The Labute approximate surface area is 95.5 Å². The van der Waals surface area contributed by atoms with Crippen molar-refractivity contribution in [2.45, 2.75) is 33.3 Å². The van der Waals surface area contributed by atoms with Crippen LogP contribution in [0.4, 0.5) is 0 Å². The zero-order chi connectivity index (χ0) is 12.3. The molecule has 0 unspecified atom stereocenters. The lowest BCUT2D eigenvalue weighted by Gasteiger charge is -2.07. The maximum Gasteiger partial charge on any atom is 0.224 e. The predicted octanol–water partition coefficient (Wildman–Crippen LogP) is 0.0764. The molecule has 2 N–H and O–H groups in total. The quantitative estimate of drug-likeness (QED) is 0.762. The second-order valence-corrected chi connectivity index (χ2v) is 4.10. The largest absolute Gasteiger partial charge is 0.392 e. The molecular formula is C11H19N3O2. The summed E-state index contributed by atoms with van der Waals surface area (Å²) < 4.78 is 1.77. The van der Waals surface area contributed by atoms with E-state index in [0.29, 0.717) is 6.42 Å². The van der Waals surface area contributed by atoms with E-state index in [2.05, 4.69) is 10.4 Å². The minimum absolute atomic E-state index is 0.0832. The van der Waals surface area contributed by atoms with Gasteiger partial charge in [-0.2, -0.15) is 5.10 Å². The number of aliphatic hydroxyl groups is 1. The standard InChI is InChI=1S/C11H19N3O2/c1-7(15)6-12-11(16)5-10-8(2)13-14(4)9(10)3/h7,15H,5-6H2,1-4H3,(H,12,16)/t7-/m0/s1. The lowest BCUT2D eigenvalue weighted by atomic mass is 10.1. The van der Waals surface area contributed by atoms with Crippen molar-refractivity contribution in [2.75, 3.05) is 6.54 Å². The molecule has 0 aliphatic heterocycles. The van der Waals surface area contributed by atoms with E-state index in [9.17, 15) is 4.79 Å². The van der Waals surface area contributed by atoms with Crippen molar-refractivity contribution >= 4 is 5.91 Å². The molecule has 5 heteroatoms. The van der Waals surface area contributed by atoms with E-state index in [1.165, 1.54) is 0 Å². The molecule has 0 saturated carbocycles. The summed E-state index contributed by atoms with van der Waals surface area (Å²) >= 11 is 0. The molecule has 0 aliphatic rings. The number of hydrogen-bond donors (Lipinski definition) is 2. The highest BCUT2D eigenvalue weighted by Gasteiger charge is 2.13. The average molecular weight is 225 g/mol. The fraction of sp³-hybridized carbons (Fsp3) is 0.636. The van der Waals surface area contributed by atoms with Crippen LogP contribution in [-0.4, -0.2) is 33.4 Å². The van der Waals surface area contributed by atoms with E-state index >= 15 is 0 Å². The van der Waals surface area contributed by atoms with Gasteiger partial charge in [0, 0.05) is 24.8 Å². The van der Waals surface area contributed by atoms with Crippen molar-refractivity contribution in [3.63, 3.8) is 0 Å². The highest BCUT2D eigenvalue weighted by molar-refractivity contribution is 5.79. The first-order valence-electron chi connectivity index (χ1n) is 5.35. The van der Waals surface area contributed by atoms with Crippen molar-refractivity contribution < 1.29 is 9.90 Å². The summed E-state index contributed by atoms with van der Waals surface area (Å²) in [4.78, 5) is 11.6. The Morgan fingerprint density at radius 1 is 1.56 bits per heavy atom. The number of aryl methyl sites for hydroxylation is 2. The first-order chi connectivity index (χ1) is 7.41. The molecule has 16 heavy (non-hydrogen) atoms. The van der Waals surface area contributed by atoms with E-state index in [1.54, 1.807) is 11.6 Å². The lowest BCUT2D eigenvalue weighted by Crippen LogP contribution is -2.31. The van der Waals surface area contributed by atoms with Crippen LogP contribution < -0.4 is 5.32 Å². The molecule has 1 heterocycles. The fourth-order valence-electron chi connectivity index (χ4n) is 1.56. The van der Waals surface area contributed by atoms with Crippen LogP contribution in [0.5, 0.6) is 0 Å².